The van der Waals surface area contributed by atoms with Gasteiger partial charge >= 0.3 is 6.18 Å². The van der Waals surface area contributed by atoms with Crippen LogP contribution in [0.4, 0.5) is 17.6 Å². The summed E-state index contributed by atoms with van der Waals surface area (Å²) in [4.78, 5) is 4.99. The molecule has 1 aliphatic heterocycles. The maximum atomic E-state index is 13.8. The van der Waals surface area contributed by atoms with Crippen LogP contribution in [0.5, 0.6) is 0 Å². The number of nitrogens with one attached hydrogen (secondary N) is 1. The van der Waals surface area contributed by atoms with E-state index in [4.69, 9.17) is 4.84 Å². The third kappa shape index (κ3) is 2.93. The van der Waals surface area contributed by atoms with Crippen molar-refractivity contribution in [1.82, 2.24) is 15.3 Å². The molecule has 0 unspecified atom stereocenters. The number of halogens is 4. The average Bonchev–Trinajstić information content (AvgIpc) is 2.79. The van der Waals surface area contributed by atoms with Gasteiger partial charge < -0.3 is 0 Å². The fourth-order valence-corrected chi connectivity index (χ4v) is 2.62. The first kappa shape index (κ1) is 15.2. The Morgan fingerprint density at radius 1 is 1.45 bits per heavy atom. The number of nitrogens with zero attached hydrogens (tertiary/aromatic N) is 2. The Hall–Kier alpha value is -1.22. The number of thioether (sulfide) groups is 1. The van der Waals surface area contributed by atoms with Gasteiger partial charge in [-0.15, -0.1) is 0 Å². The second kappa shape index (κ2) is 4.96. The van der Waals surface area contributed by atoms with Crippen molar-refractivity contribution in [3.63, 3.8) is 0 Å². The third-order valence-electron chi connectivity index (χ3n) is 2.69. The molecule has 0 fully saturated rings. The lowest BCUT2D eigenvalue weighted by Gasteiger charge is -2.12. The molecular formula is C11H13F4N3OS. The molecule has 0 spiro atoms. The molecule has 0 aromatic carbocycles. The summed E-state index contributed by atoms with van der Waals surface area (Å²) in [6.45, 7) is 3.04. The van der Waals surface area contributed by atoms with Crippen LogP contribution in [-0.4, -0.2) is 15.4 Å². The van der Waals surface area contributed by atoms with E-state index in [9.17, 15) is 17.6 Å². The van der Waals surface area contributed by atoms with Gasteiger partial charge in [0.05, 0.1) is 11.3 Å². The molecule has 1 N–H and O–H groups in total. The summed E-state index contributed by atoms with van der Waals surface area (Å²) in [5.41, 5.74) is 0.317. The van der Waals surface area contributed by atoms with E-state index in [1.54, 1.807) is 0 Å². The maximum absolute atomic E-state index is 13.8. The lowest BCUT2D eigenvalue weighted by molar-refractivity contribution is -0.138. The summed E-state index contributed by atoms with van der Waals surface area (Å²) in [6, 6.07) is 0. The molecule has 20 heavy (non-hydrogen) atoms. The van der Waals surface area contributed by atoms with Crippen LogP contribution in [0, 0.1) is 0 Å². The monoisotopic (exact) mass is 311 g/mol. The molecule has 0 atom stereocenters. The van der Waals surface area contributed by atoms with E-state index in [1.807, 2.05) is 0 Å². The van der Waals surface area contributed by atoms with Gasteiger partial charge in [-0.05, 0) is 13.8 Å². The largest absolute Gasteiger partial charge is 0.419 e. The lowest BCUT2D eigenvalue weighted by atomic mass is 10.1. The SMILES string of the molecule is Cn1cc(C(F)(F)F)c(CSC2=C(F)C(C)(C)ON2)n1. The van der Waals surface area contributed by atoms with Crippen LogP contribution >= 0.6 is 11.8 Å². The lowest BCUT2D eigenvalue weighted by Crippen LogP contribution is -2.22. The normalized spacial score (nSPS) is 18.6. The summed E-state index contributed by atoms with van der Waals surface area (Å²) in [7, 11) is 1.41. The molecule has 0 saturated carbocycles. The van der Waals surface area contributed by atoms with E-state index in [0.29, 0.717) is 0 Å². The highest BCUT2D eigenvalue weighted by atomic mass is 32.2. The van der Waals surface area contributed by atoms with E-state index in [-0.39, 0.29) is 16.5 Å². The van der Waals surface area contributed by atoms with E-state index in [1.165, 1.54) is 20.9 Å². The van der Waals surface area contributed by atoms with Crippen LogP contribution in [-0.2, 0) is 23.8 Å². The quantitative estimate of drug-likeness (QED) is 0.871. The summed E-state index contributed by atoms with van der Waals surface area (Å²) < 4.78 is 53.2. The zero-order chi connectivity index (χ0) is 15.1. The van der Waals surface area contributed by atoms with Gasteiger partial charge in [0.1, 0.15) is 10.6 Å². The van der Waals surface area contributed by atoms with Crippen molar-refractivity contribution in [2.45, 2.75) is 31.4 Å². The molecule has 0 aliphatic carbocycles. The number of hydrogen-bond donors (Lipinski definition) is 1. The summed E-state index contributed by atoms with van der Waals surface area (Å²) in [6.07, 6.45) is -3.57. The smallest absolute Gasteiger partial charge is 0.275 e. The van der Waals surface area contributed by atoms with Crippen LogP contribution in [0.15, 0.2) is 17.1 Å². The van der Waals surface area contributed by atoms with Crippen molar-refractivity contribution in [1.29, 1.82) is 0 Å². The molecule has 4 nitrogen and oxygen atoms in total. The molecule has 2 rings (SSSR count). The van der Waals surface area contributed by atoms with Crippen molar-refractivity contribution in [3.05, 3.63) is 28.3 Å². The van der Waals surface area contributed by atoms with Crippen molar-refractivity contribution in [2.24, 2.45) is 7.05 Å². The van der Waals surface area contributed by atoms with Gasteiger partial charge in [-0.25, -0.2) is 4.39 Å². The minimum atomic E-state index is -4.48. The summed E-state index contributed by atoms with van der Waals surface area (Å²) >= 11 is 0.884. The maximum Gasteiger partial charge on any atom is 0.419 e. The standard InChI is InChI=1S/C11H13F4N3OS/c1-10(2)8(12)9(17-19-10)20-5-7-6(11(13,14)15)4-18(3)16-7/h4,17H,5H2,1-3H3. The number of rotatable bonds is 3. The zero-order valence-electron chi connectivity index (χ0n) is 11.0. The molecule has 0 saturated heterocycles. The predicted octanol–water partition coefficient (Wildman–Crippen LogP) is 3.12. The van der Waals surface area contributed by atoms with Gasteiger partial charge in [-0.3, -0.25) is 15.0 Å². The first-order valence-corrected chi connectivity index (χ1v) is 6.66. The number of aromatic nitrogens is 2. The van der Waals surface area contributed by atoms with E-state index in [0.717, 1.165) is 22.6 Å². The Labute approximate surface area is 117 Å². The molecular weight excluding hydrogens is 298 g/mol. The highest BCUT2D eigenvalue weighted by Gasteiger charge is 2.38. The van der Waals surface area contributed by atoms with Crippen LogP contribution in [0.2, 0.25) is 0 Å². The topological polar surface area (TPSA) is 39.1 Å². The van der Waals surface area contributed by atoms with Crippen LogP contribution in [0.1, 0.15) is 25.1 Å². The van der Waals surface area contributed by atoms with E-state index < -0.39 is 23.2 Å². The van der Waals surface area contributed by atoms with Crippen molar-refractivity contribution in [2.75, 3.05) is 0 Å². The molecule has 0 amide bonds. The summed E-state index contributed by atoms with van der Waals surface area (Å²) in [5, 5.41) is 3.84. The number of alkyl halides is 3. The molecule has 1 aromatic rings. The first-order valence-electron chi connectivity index (χ1n) is 5.68. The molecule has 2 heterocycles. The summed E-state index contributed by atoms with van der Waals surface area (Å²) in [5.74, 6) is -0.641. The first-order chi connectivity index (χ1) is 9.11. The molecule has 0 radical (unpaired) electrons. The van der Waals surface area contributed by atoms with Gasteiger partial charge in [0, 0.05) is 19.0 Å². The molecule has 9 heteroatoms. The van der Waals surface area contributed by atoms with Crippen molar-refractivity contribution in [3.8, 4) is 0 Å². The van der Waals surface area contributed by atoms with Crippen LogP contribution in [0.3, 0.4) is 0 Å². The third-order valence-corrected chi connectivity index (χ3v) is 3.66. The fraction of sp³-hybridized carbons (Fsp3) is 0.545. The van der Waals surface area contributed by atoms with E-state index >= 15 is 0 Å². The Balaban J connectivity index is 2.15. The molecule has 1 aliphatic rings. The van der Waals surface area contributed by atoms with Gasteiger partial charge in [-0.2, -0.15) is 18.3 Å². The van der Waals surface area contributed by atoms with E-state index in [2.05, 4.69) is 10.6 Å². The van der Waals surface area contributed by atoms with Crippen molar-refractivity contribution < 1.29 is 22.4 Å². The zero-order valence-corrected chi connectivity index (χ0v) is 11.8. The number of hydrogen-bond acceptors (Lipinski definition) is 4. The van der Waals surface area contributed by atoms with Gasteiger partial charge in [0.25, 0.3) is 0 Å². The average molecular weight is 311 g/mol. The Morgan fingerprint density at radius 2 is 2.10 bits per heavy atom. The second-order valence-electron chi connectivity index (χ2n) is 4.81. The molecule has 112 valence electrons. The fourth-order valence-electron chi connectivity index (χ4n) is 1.65. The molecule has 1 aromatic heterocycles. The minimum Gasteiger partial charge on any atom is -0.275 e. The second-order valence-corrected chi connectivity index (χ2v) is 5.79. The van der Waals surface area contributed by atoms with Crippen LogP contribution < -0.4 is 5.48 Å². The highest BCUT2D eigenvalue weighted by molar-refractivity contribution is 8.02. The Bertz CT molecular complexity index is 550. The Kier molecular flexibility index (Phi) is 3.76. The Morgan fingerprint density at radius 3 is 2.60 bits per heavy atom. The minimum absolute atomic E-state index is 0.0776. The van der Waals surface area contributed by atoms with Gasteiger partial charge in [0.2, 0.25) is 0 Å². The predicted molar refractivity (Wildman–Crippen MR) is 65.9 cm³/mol. The van der Waals surface area contributed by atoms with Crippen molar-refractivity contribution >= 4 is 11.8 Å². The number of aryl methyl sites for hydroxylation is 1. The molecule has 0 bridgehead atoms. The van der Waals surface area contributed by atoms with Crippen LogP contribution in [0.25, 0.3) is 0 Å². The number of hydroxylamine groups is 1. The highest BCUT2D eigenvalue weighted by Crippen LogP contribution is 2.38. The van der Waals surface area contributed by atoms with Gasteiger partial charge in [0.15, 0.2) is 5.83 Å². The van der Waals surface area contributed by atoms with Gasteiger partial charge in [-0.1, -0.05) is 11.8 Å².